The Bertz CT molecular complexity index is 457. The molecule has 0 radical (unpaired) electrons. The van der Waals surface area contributed by atoms with Crippen molar-refractivity contribution in [1.82, 2.24) is 0 Å². The van der Waals surface area contributed by atoms with Crippen molar-refractivity contribution in [3.63, 3.8) is 0 Å². The molecule has 1 fully saturated rings. The molecule has 1 saturated carbocycles. The van der Waals surface area contributed by atoms with Crippen molar-refractivity contribution >= 4 is 5.97 Å². The van der Waals surface area contributed by atoms with Gasteiger partial charge in [-0.25, -0.2) is 0 Å². The lowest BCUT2D eigenvalue weighted by molar-refractivity contribution is -0.176. The standard InChI is InChI=1S/C17H24O3/c1-3-20-15(18)16(2)12-8-5-9-13-17(16,19)14-10-6-4-7-11-14/h4,6-7,10-11,19H,3,5,8-9,12-13H2,1-2H3. The van der Waals surface area contributed by atoms with Gasteiger partial charge in [-0.1, -0.05) is 49.6 Å². The molecule has 1 aliphatic rings. The summed E-state index contributed by atoms with van der Waals surface area (Å²) in [6.45, 7) is 4.00. The van der Waals surface area contributed by atoms with E-state index in [1.165, 1.54) is 0 Å². The summed E-state index contributed by atoms with van der Waals surface area (Å²) >= 11 is 0. The lowest BCUT2D eigenvalue weighted by atomic mass is 9.66. The van der Waals surface area contributed by atoms with Gasteiger partial charge in [-0.3, -0.25) is 4.79 Å². The van der Waals surface area contributed by atoms with Gasteiger partial charge in [0, 0.05) is 0 Å². The SMILES string of the molecule is CCOC(=O)C1(C)CCCCCC1(O)c1ccccc1. The van der Waals surface area contributed by atoms with Gasteiger partial charge in [0.25, 0.3) is 0 Å². The summed E-state index contributed by atoms with van der Waals surface area (Å²) in [6, 6.07) is 9.55. The van der Waals surface area contributed by atoms with Gasteiger partial charge in [-0.15, -0.1) is 0 Å². The Morgan fingerprint density at radius 1 is 1.20 bits per heavy atom. The van der Waals surface area contributed by atoms with E-state index in [0.717, 1.165) is 24.8 Å². The highest BCUT2D eigenvalue weighted by molar-refractivity contribution is 5.78. The molecule has 2 atom stereocenters. The van der Waals surface area contributed by atoms with E-state index in [0.29, 0.717) is 19.4 Å². The van der Waals surface area contributed by atoms with E-state index in [2.05, 4.69) is 0 Å². The van der Waals surface area contributed by atoms with Gasteiger partial charge < -0.3 is 9.84 Å². The molecule has 1 aromatic carbocycles. The summed E-state index contributed by atoms with van der Waals surface area (Å²) in [4.78, 5) is 12.5. The highest BCUT2D eigenvalue weighted by Gasteiger charge is 2.54. The largest absolute Gasteiger partial charge is 0.465 e. The highest BCUT2D eigenvalue weighted by atomic mass is 16.5. The van der Waals surface area contributed by atoms with E-state index >= 15 is 0 Å². The average molecular weight is 276 g/mol. The summed E-state index contributed by atoms with van der Waals surface area (Å²) in [5, 5.41) is 11.3. The van der Waals surface area contributed by atoms with Crippen LogP contribution in [0.15, 0.2) is 30.3 Å². The van der Waals surface area contributed by atoms with E-state index in [1.807, 2.05) is 37.3 Å². The molecule has 1 aromatic rings. The number of hydrogen-bond acceptors (Lipinski definition) is 3. The number of ether oxygens (including phenoxy) is 1. The quantitative estimate of drug-likeness (QED) is 0.680. The van der Waals surface area contributed by atoms with Crippen LogP contribution in [0.5, 0.6) is 0 Å². The van der Waals surface area contributed by atoms with Crippen molar-refractivity contribution < 1.29 is 14.6 Å². The highest BCUT2D eigenvalue weighted by Crippen LogP contribution is 2.49. The Kier molecular flexibility index (Phi) is 4.48. The van der Waals surface area contributed by atoms with E-state index in [9.17, 15) is 9.90 Å². The average Bonchev–Trinajstić information content (AvgIpc) is 2.62. The zero-order valence-corrected chi connectivity index (χ0v) is 12.4. The second-order valence-corrected chi connectivity index (χ2v) is 5.84. The van der Waals surface area contributed by atoms with E-state index in [4.69, 9.17) is 4.74 Å². The maximum absolute atomic E-state index is 12.5. The Balaban J connectivity index is 2.46. The van der Waals surface area contributed by atoms with Crippen molar-refractivity contribution in [2.75, 3.05) is 6.61 Å². The van der Waals surface area contributed by atoms with Crippen molar-refractivity contribution in [3.8, 4) is 0 Å². The molecule has 3 nitrogen and oxygen atoms in total. The van der Waals surface area contributed by atoms with E-state index in [-0.39, 0.29) is 5.97 Å². The molecule has 0 amide bonds. The smallest absolute Gasteiger partial charge is 0.315 e. The van der Waals surface area contributed by atoms with Gasteiger partial charge in [0.2, 0.25) is 0 Å². The van der Waals surface area contributed by atoms with Crippen LogP contribution in [-0.2, 0) is 15.1 Å². The predicted molar refractivity (Wildman–Crippen MR) is 78.2 cm³/mol. The fraction of sp³-hybridized carbons (Fsp3) is 0.588. The monoisotopic (exact) mass is 276 g/mol. The van der Waals surface area contributed by atoms with Gasteiger partial charge in [0.1, 0.15) is 5.60 Å². The van der Waals surface area contributed by atoms with Gasteiger partial charge in [0.05, 0.1) is 12.0 Å². The first kappa shape index (κ1) is 15.0. The predicted octanol–water partition coefficient (Wildman–Crippen LogP) is 3.41. The zero-order chi connectivity index (χ0) is 14.6. The molecular formula is C17H24O3. The first-order valence-corrected chi connectivity index (χ1v) is 7.50. The first-order valence-electron chi connectivity index (χ1n) is 7.50. The van der Waals surface area contributed by atoms with Crippen LogP contribution in [0.4, 0.5) is 0 Å². The van der Waals surface area contributed by atoms with Gasteiger partial charge in [0.15, 0.2) is 0 Å². The molecule has 0 aliphatic heterocycles. The minimum absolute atomic E-state index is 0.284. The second kappa shape index (κ2) is 5.96. The molecule has 3 heteroatoms. The molecule has 20 heavy (non-hydrogen) atoms. The topological polar surface area (TPSA) is 46.5 Å². The molecular weight excluding hydrogens is 252 g/mol. The Labute approximate surface area is 121 Å². The molecule has 0 bridgehead atoms. The molecule has 1 N–H and O–H groups in total. The lowest BCUT2D eigenvalue weighted by Gasteiger charge is -2.42. The van der Waals surface area contributed by atoms with Crippen LogP contribution in [0.25, 0.3) is 0 Å². The van der Waals surface area contributed by atoms with Crippen molar-refractivity contribution in [2.45, 2.75) is 51.6 Å². The Morgan fingerprint density at radius 3 is 2.50 bits per heavy atom. The third-order valence-electron chi connectivity index (χ3n) is 4.61. The Hall–Kier alpha value is -1.35. The van der Waals surface area contributed by atoms with Crippen LogP contribution in [0.1, 0.15) is 51.5 Å². The normalized spacial score (nSPS) is 30.6. The van der Waals surface area contributed by atoms with Crippen LogP contribution in [0.2, 0.25) is 0 Å². The van der Waals surface area contributed by atoms with E-state index < -0.39 is 11.0 Å². The Morgan fingerprint density at radius 2 is 1.85 bits per heavy atom. The third kappa shape index (κ3) is 2.47. The van der Waals surface area contributed by atoms with Crippen LogP contribution in [0, 0.1) is 5.41 Å². The van der Waals surface area contributed by atoms with Crippen LogP contribution < -0.4 is 0 Å². The summed E-state index contributed by atoms with van der Waals surface area (Å²) in [6.07, 6.45) is 4.19. The molecule has 2 unspecified atom stereocenters. The minimum Gasteiger partial charge on any atom is -0.465 e. The van der Waals surface area contributed by atoms with Crippen LogP contribution >= 0.6 is 0 Å². The maximum atomic E-state index is 12.5. The zero-order valence-electron chi connectivity index (χ0n) is 12.4. The number of carbonyl (C=O) groups excluding carboxylic acids is 1. The second-order valence-electron chi connectivity index (χ2n) is 5.84. The number of rotatable bonds is 3. The van der Waals surface area contributed by atoms with Gasteiger partial charge in [-0.2, -0.15) is 0 Å². The number of benzene rings is 1. The van der Waals surface area contributed by atoms with Crippen LogP contribution in [0.3, 0.4) is 0 Å². The summed E-state index contributed by atoms with van der Waals surface area (Å²) < 4.78 is 5.26. The summed E-state index contributed by atoms with van der Waals surface area (Å²) in [5.41, 5.74) is -1.20. The minimum atomic E-state index is -1.14. The van der Waals surface area contributed by atoms with Crippen molar-refractivity contribution in [3.05, 3.63) is 35.9 Å². The van der Waals surface area contributed by atoms with Crippen molar-refractivity contribution in [1.29, 1.82) is 0 Å². The number of hydrogen-bond donors (Lipinski definition) is 1. The third-order valence-corrected chi connectivity index (χ3v) is 4.61. The number of aliphatic hydroxyl groups is 1. The molecule has 0 aromatic heterocycles. The fourth-order valence-electron chi connectivity index (χ4n) is 3.26. The van der Waals surface area contributed by atoms with E-state index in [1.54, 1.807) is 6.92 Å². The molecule has 0 spiro atoms. The maximum Gasteiger partial charge on any atom is 0.315 e. The van der Waals surface area contributed by atoms with Crippen molar-refractivity contribution in [2.24, 2.45) is 5.41 Å². The number of esters is 1. The lowest BCUT2D eigenvalue weighted by Crippen LogP contribution is -2.49. The molecule has 1 aliphatic carbocycles. The molecule has 0 heterocycles. The molecule has 0 saturated heterocycles. The fourth-order valence-corrected chi connectivity index (χ4v) is 3.26. The van der Waals surface area contributed by atoms with Gasteiger partial charge >= 0.3 is 5.97 Å². The number of carbonyl (C=O) groups is 1. The first-order chi connectivity index (χ1) is 9.54. The molecule has 2 rings (SSSR count). The van der Waals surface area contributed by atoms with Gasteiger partial charge in [-0.05, 0) is 32.3 Å². The van der Waals surface area contributed by atoms with Crippen LogP contribution in [-0.4, -0.2) is 17.7 Å². The summed E-state index contributed by atoms with van der Waals surface area (Å²) in [5.74, 6) is -0.284. The summed E-state index contributed by atoms with van der Waals surface area (Å²) in [7, 11) is 0. The molecule has 110 valence electrons.